The highest BCUT2D eigenvalue weighted by molar-refractivity contribution is 5.85. The van der Waals surface area contributed by atoms with Crippen molar-refractivity contribution in [2.24, 2.45) is 11.8 Å². The van der Waals surface area contributed by atoms with Gasteiger partial charge in [0, 0.05) is 25.9 Å². The molecule has 0 unspecified atom stereocenters. The van der Waals surface area contributed by atoms with Crippen LogP contribution >= 0.6 is 0 Å². The Bertz CT molecular complexity index is 445. The summed E-state index contributed by atoms with van der Waals surface area (Å²) < 4.78 is 11.3. The SMILES string of the molecule is O=C(O)[C@H]1CC=CC[C@H]1C(=O)N1CCC2(CC1)OCCO2. The van der Waals surface area contributed by atoms with Gasteiger partial charge in [-0.15, -0.1) is 0 Å². The van der Waals surface area contributed by atoms with E-state index in [1.54, 1.807) is 4.90 Å². The van der Waals surface area contributed by atoms with Crippen LogP contribution in [-0.4, -0.2) is 54.0 Å². The second-order valence-corrected chi connectivity index (χ2v) is 5.93. The zero-order chi connectivity index (χ0) is 14.9. The molecule has 0 radical (unpaired) electrons. The van der Waals surface area contributed by atoms with E-state index in [-0.39, 0.29) is 5.91 Å². The fourth-order valence-corrected chi connectivity index (χ4v) is 3.45. The van der Waals surface area contributed by atoms with E-state index < -0.39 is 23.6 Å². The molecule has 0 aromatic carbocycles. The van der Waals surface area contributed by atoms with Gasteiger partial charge in [-0.25, -0.2) is 0 Å². The molecule has 6 heteroatoms. The fourth-order valence-electron chi connectivity index (χ4n) is 3.45. The van der Waals surface area contributed by atoms with Crippen molar-refractivity contribution in [2.45, 2.75) is 31.5 Å². The van der Waals surface area contributed by atoms with E-state index in [4.69, 9.17) is 9.47 Å². The Morgan fingerprint density at radius 3 is 2.19 bits per heavy atom. The molecule has 1 aliphatic carbocycles. The second kappa shape index (κ2) is 5.77. The van der Waals surface area contributed by atoms with Gasteiger partial charge in [-0.1, -0.05) is 12.2 Å². The van der Waals surface area contributed by atoms with E-state index in [9.17, 15) is 14.7 Å². The number of aliphatic carboxylic acids is 1. The smallest absolute Gasteiger partial charge is 0.307 e. The average Bonchev–Trinajstić information content (AvgIpc) is 2.95. The van der Waals surface area contributed by atoms with Crippen molar-refractivity contribution in [3.63, 3.8) is 0 Å². The monoisotopic (exact) mass is 295 g/mol. The maximum absolute atomic E-state index is 12.6. The minimum atomic E-state index is -0.881. The van der Waals surface area contributed by atoms with Crippen molar-refractivity contribution in [2.75, 3.05) is 26.3 Å². The molecule has 3 aliphatic rings. The van der Waals surface area contributed by atoms with Crippen LogP contribution in [0.3, 0.4) is 0 Å². The molecule has 2 heterocycles. The van der Waals surface area contributed by atoms with Gasteiger partial charge in [0.2, 0.25) is 5.91 Å². The minimum Gasteiger partial charge on any atom is -0.481 e. The standard InChI is InChI=1S/C15H21NO5/c17-13(11-3-1-2-4-12(11)14(18)19)16-7-5-15(6-8-16)20-9-10-21-15/h1-2,11-12H,3-10H2,(H,18,19)/t11-,12+/m1/s1. The maximum Gasteiger partial charge on any atom is 0.307 e. The van der Waals surface area contributed by atoms with Gasteiger partial charge in [-0.05, 0) is 12.8 Å². The van der Waals surface area contributed by atoms with E-state index >= 15 is 0 Å². The van der Waals surface area contributed by atoms with Crippen LogP contribution in [0, 0.1) is 11.8 Å². The lowest BCUT2D eigenvalue weighted by atomic mass is 9.81. The summed E-state index contributed by atoms with van der Waals surface area (Å²) in [6, 6.07) is 0. The van der Waals surface area contributed by atoms with Crippen LogP contribution in [0.1, 0.15) is 25.7 Å². The molecule has 2 atom stereocenters. The lowest BCUT2D eigenvalue weighted by molar-refractivity contribution is -0.189. The molecule has 2 saturated heterocycles. The third kappa shape index (κ3) is 2.82. The topological polar surface area (TPSA) is 76.1 Å². The van der Waals surface area contributed by atoms with Crippen LogP contribution in [0.15, 0.2) is 12.2 Å². The number of amides is 1. The summed E-state index contributed by atoms with van der Waals surface area (Å²) >= 11 is 0. The van der Waals surface area contributed by atoms with Crippen molar-refractivity contribution in [1.29, 1.82) is 0 Å². The average molecular weight is 295 g/mol. The maximum atomic E-state index is 12.6. The normalized spacial score (nSPS) is 31.5. The van der Waals surface area contributed by atoms with Gasteiger partial charge in [0.25, 0.3) is 0 Å². The van der Waals surface area contributed by atoms with Crippen molar-refractivity contribution >= 4 is 11.9 Å². The Morgan fingerprint density at radius 2 is 1.62 bits per heavy atom. The molecule has 2 aliphatic heterocycles. The lowest BCUT2D eigenvalue weighted by Crippen LogP contribution is -2.50. The number of piperidine rings is 1. The molecule has 3 rings (SSSR count). The Kier molecular flexibility index (Phi) is 3.99. The van der Waals surface area contributed by atoms with Gasteiger partial charge in [-0.3, -0.25) is 9.59 Å². The first-order valence-corrected chi connectivity index (χ1v) is 7.56. The second-order valence-electron chi connectivity index (χ2n) is 5.93. The molecule has 116 valence electrons. The summed E-state index contributed by atoms with van der Waals surface area (Å²) in [6.45, 7) is 2.38. The number of carboxylic acids is 1. The van der Waals surface area contributed by atoms with Crippen LogP contribution in [0.5, 0.6) is 0 Å². The highest BCUT2D eigenvalue weighted by atomic mass is 16.7. The quantitative estimate of drug-likeness (QED) is 0.770. The number of nitrogens with zero attached hydrogens (tertiary/aromatic N) is 1. The van der Waals surface area contributed by atoms with Crippen LogP contribution in [0.4, 0.5) is 0 Å². The van der Waals surface area contributed by atoms with Gasteiger partial charge in [0.1, 0.15) is 0 Å². The number of allylic oxidation sites excluding steroid dienone is 2. The van der Waals surface area contributed by atoms with Crippen LogP contribution in [0.2, 0.25) is 0 Å². The van der Waals surface area contributed by atoms with Gasteiger partial charge >= 0.3 is 5.97 Å². The Morgan fingerprint density at radius 1 is 1.05 bits per heavy atom. The third-order valence-electron chi connectivity index (χ3n) is 4.72. The predicted molar refractivity (Wildman–Crippen MR) is 73.4 cm³/mol. The molecular weight excluding hydrogens is 274 g/mol. The fraction of sp³-hybridized carbons (Fsp3) is 0.733. The Hall–Kier alpha value is -1.40. The number of rotatable bonds is 2. The highest BCUT2D eigenvalue weighted by Gasteiger charge is 2.43. The highest BCUT2D eigenvalue weighted by Crippen LogP contribution is 2.34. The van der Waals surface area contributed by atoms with Gasteiger partial charge in [-0.2, -0.15) is 0 Å². The number of ether oxygens (including phenoxy) is 2. The largest absolute Gasteiger partial charge is 0.481 e. The first kappa shape index (κ1) is 14.5. The molecule has 0 aromatic rings. The molecule has 21 heavy (non-hydrogen) atoms. The lowest BCUT2D eigenvalue weighted by Gasteiger charge is -2.39. The van der Waals surface area contributed by atoms with Crippen LogP contribution in [-0.2, 0) is 19.1 Å². The zero-order valence-electron chi connectivity index (χ0n) is 12.0. The zero-order valence-corrected chi connectivity index (χ0v) is 12.0. The van der Waals surface area contributed by atoms with E-state index in [0.29, 0.717) is 52.0 Å². The van der Waals surface area contributed by atoms with Crippen molar-refractivity contribution in [3.05, 3.63) is 12.2 Å². The predicted octanol–water partition coefficient (Wildman–Crippen LogP) is 1.02. The Balaban J connectivity index is 1.63. The Labute approximate surface area is 123 Å². The first-order chi connectivity index (χ1) is 10.1. The van der Waals surface area contributed by atoms with Crippen molar-refractivity contribution in [3.8, 4) is 0 Å². The molecule has 6 nitrogen and oxygen atoms in total. The molecule has 0 aromatic heterocycles. The number of hydrogen-bond acceptors (Lipinski definition) is 4. The summed E-state index contributed by atoms with van der Waals surface area (Å²) in [5.41, 5.74) is 0. The minimum absolute atomic E-state index is 0.0420. The van der Waals surface area contributed by atoms with Crippen LogP contribution in [0.25, 0.3) is 0 Å². The molecule has 1 amide bonds. The number of likely N-dealkylation sites (tertiary alicyclic amines) is 1. The number of hydrogen-bond donors (Lipinski definition) is 1. The molecule has 0 bridgehead atoms. The summed E-state index contributed by atoms with van der Waals surface area (Å²) in [5, 5.41) is 9.28. The summed E-state index contributed by atoms with van der Waals surface area (Å²) in [7, 11) is 0. The first-order valence-electron chi connectivity index (χ1n) is 7.56. The van der Waals surface area contributed by atoms with Gasteiger partial charge < -0.3 is 19.5 Å². The summed E-state index contributed by atoms with van der Waals surface area (Å²) in [6.07, 6.45) is 6.06. The van der Waals surface area contributed by atoms with Crippen LogP contribution < -0.4 is 0 Å². The van der Waals surface area contributed by atoms with E-state index in [0.717, 1.165) is 0 Å². The molecule has 1 spiro atoms. The summed E-state index contributed by atoms with van der Waals surface area (Å²) in [4.78, 5) is 25.7. The van der Waals surface area contributed by atoms with Gasteiger partial charge in [0.15, 0.2) is 5.79 Å². The molecular formula is C15H21NO5. The molecule has 2 fully saturated rings. The van der Waals surface area contributed by atoms with E-state index in [1.165, 1.54) is 0 Å². The van der Waals surface area contributed by atoms with Crippen molar-refractivity contribution < 1.29 is 24.2 Å². The van der Waals surface area contributed by atoms with E-state index in [1.807, 2.05) is 12.2 Å². The number of carbonyl (C=O) groups excluding carboxylic acids is 1. The molecule has 0 saturated carbocycles. The number of carbonyl (C=O) groups is 2. The van der Waals surface area contributed by atoms with Crippen molar-refractivity contribution in [1.82, 2.24) is 4.90 Å². The summed E-state index contributed by atoms with van der Waals surface area (Å²) in [5.74, 6) is -2.47. The van der Waals surface area contributed by atoms with E-state index in [2.05, 4.69) is 0 Å². The van der Waals surface area contributed by atoms with Gasteiger partial charge in [0.05, 0.1) is 25.0 Å². The molecule has 1 N–H and O–H groups in total. The third-order valence-corrected chi connectivity index (χ3v) is 4.72. The number of carboxylic acid groups (broad SMARTS) is 1.